The molecule has 2 aromatic rings. The number of sulfonamides is 1. The number of carboxylic acid groups (broad SMARTS) is 2. The molecule has 24 heavy (non-hydrogen) atoms. The zero-order valence-corrected chi connectivity index (χ0v) is 14.5. The molecule has 0 heterocycles. The summed E-state index contributed by atoms with van der Waals surface area (Å²) in [4.78, 5) is 21.9. The van der Waals surface area contributed by atoms with Gasteiger partial charge >= 0.3 is 11.9 Å². The van der Waals surface area contributed by atoms with Crippen LogP contribution < -0.4 is 4.31 Å². The lowest BCUT2D eigenvalue weighted by molar-refractivity contribution is -0.135. The van der Waals surface area contributed by atoms with Crippen LogP contribution in [0.2, 0.25) is 0 Å². The first-order chi connectivity index (χ1) is 11.2. The summed E-state index contributed by atoms with van der Waals surface area (Å²) in [6.45, 7) is -0.787. The van der Waals surface area contributed by atoms with Crippen molar-refractivity contribution in [2.45, 2.75) is 4.90 Å². The Kier molecular flexibility index (Phi) is 5.25. The summed E-state index contributed by atoms with van der Waals surface area (Å²) < 4.78 is 26.8. The van der Waals surface area contributed by atoms with Gasteiger partial charge in [-0.15, -0.1) is 0 Å². The molecular weight excluding hydrogens is 402 g/mol. The number of hydrogen-bond acceptors (Lipinski definition) is 4. The third kappa shape index (κ3) is 3.92. The Morgan fingerprint density at radius 1 is 0.958 bits per heavy atom. The van der Waals surface area contributed by atoms with Crippen LogP contribution >= 0.6 is 15.9 Å². The van der Waals surface area contributed by atoms with Crippen molar-refractivity contribution in [3.05, 3.63) is 58.6 Å². The summed E-state index contributed by atoms with van der Waals surface area (Å²) in [5, 5.41) is 17.9. The Labute approximate surface area is 146 Å². The van der Waals surface area contributed by atoms with E-state index in [2.05, 4.69) is 15.9 Å². The average molecular weight is 414 g/mol. The quantitative estimate of drug-likeness (QED) is 0.751. The molecule has 2 rings (SSSR count). The van der Waals surface area contributed by atoms with Crippen molar-refractivity contribution < 1.29 is 28.2 Å². The molecule has 126 valence electrons. The number of anilines is 1. The number of halogens is 1. The molecule has 0 aliphatic carbocycles. The zero-order valence-electron chi connectivity index (χ0n) is 12.1. The molecule has 9 heteroatoms. The highest BCUT2D eigenvalue weighted by atomic mass is 79.9. The van der Waals surface area contributed by atoms with Gasteiger partial charge < -0.3 is 10.2 Å². The van der Waals surface area contributed by atoms with Crippen LogP contribution in [-0.4, -0.2) is 37.1 Å². The van der Waals surface area contributed by atoms with Crippen LogP contribution in [0.25, 0.3) is 0 Å². The van der Waals surface area contributed by atoms with E-state index >= 15 is 0 Å². The van der Waals surface area contributed by atoms with Crippen LogP contribution in [0.4, 0.5) is 5.69 Å². The minimum absolute atomic E-state index is 0.0323. The Balaban J connectivity index is 2.49. The molecule has 0 fully saturated rings. The van der Waals surface area contributed by atoms with Crippen LogP contribution in [-0.2, 0) is 14.8 Å². The molecule has 0 spiro atoms. The van der Waals surface area contributed by atoms with Crippen LogP contribution in [0.1, 0.15) is 10.4 Å². The lowest BCUT2D eigenvalue weighted by Gasteiger charge is -2.22. The molecule has 0 unspecified atom stereocenters. The molecule has 0 aliphatic rings. The summed E-state index contributed by atoms with van der Waals surface area (Å²) in [7, 11) is -4.11. The summed E-state index contributed by atoms with van der Waals surface area (Å²) in [6, 6.07) is 10.7. The fourth-order valence-electron chi connectivity index (χ4n) is 1.94. The van der Waals surface area contributed by atoms with E-state index in [1.165, 1.54) is 48.5 Å². The number of aliphatic carboxylic acids is 1. The molecule has 0 saturated carbocycles. The molecule has 0 aliphatic heterocycles. The monoisotopic (exact) mass is 413 g/mol. The van der Waals surface area contributed by atoms with Crippen molar-refractivity contribution in [2.75, 3.05) is 10.8 Å². The molecule has 7 nitrogen and oxygen atoms in total. The highest BCUT2D eigenvalue weighted by Gasteiger charge is 2.27. The van der Waals surface area contributed by atoms with Crippen LogP contribution in [0.3, 0.4) is 0 Å². The summed E-state index contributed by atoms with van der Waals surface area (Å²) >= 11 is 3.20. The molecule has 0 radical (unpaired) electrons. The van der Waals surface area contributed by atoms with Crippen molar-refractivity contribution in [3.63, 3.8) is 0 Å². The van der Waals surface area contributed by atoms with Crippen molar-refractivity contribution in [3.8, 4) is 0 Å². The van der Waals surface area contributed by atoms with Gasteiger partial charge in [0, 0.05) is 4.47 Å². The topological polar surface area (TPSA) is 112 Å². The Morgan fingerprint density at radius 3 is 1.96 bits per heavy atom. The van der Waals surface area contributed by atoms with E-state index in [9.17, 15) is 18.0 Å². The predicted octanol–water partition coefficient (Wildman–Crippen LogP) is 2.43. The largest absolute Gasteiger partial charge is 0.480 e. The molecule has 0 atom stereocenters. The van der Waals surface area contributed by atoms with Gasteiger partial charge in [0.2, 0.25) is 0 Å². The Hall–Kier alpha value is -2.39. The van der Waals surface area contributed by atoms with Gasteiger partial charge in [-0.2, -0.15) is 0 Å². The smallest absolute Gasteiger partial charge is 0.335 e. The third-order valence-electron chi connectivity index (χ3n) is 3.08. The Morgan fingerprint density at radius 2 is 1.50 bits per heavy atom. The summed E-state index contributed by atoms with van der Waals surface area (Å²) in [5.74, 6) is -2.50. The predicted molar refractivity (Wildman–Crippen MR) is 89.7 cm³/mol. The van der Waals surface area contributed by atoms with Crippen molar-refractivity contribution in [2.24, 2.45) is 0 Å². The molecule has 2 aromatic carbocycles. The number of carbonyl (C=O) groups is 2. The van der Waals surface area contributed by atoms with Crippen LogP contribution in [0.5, 0.6) is 0 Å². The van der Waals surface area contributed by atoms with Gasteiger partial charge in [0.1, 0.15) is 6.54 Å². The first-order valence-corrected chi connectivity index (χ1v) is 8.78. The second-order valence-electron chi connectivity index (χ2n) is 4.71. The van der Waals surface area contributed by atoms with E-state index in [1.807, 2.05) is 0 Å². The van der Waals surface area contributed by atoms with Gasteiger partial charge in [-0.3, -0.25) is 9.10 Å². The second kappa shape index (κ2) is 7.02. The lowest BCUT2D eigenvalue weighted by atomic mass is 10.2. The van der Waals surface area contributed by atoms with Crippen LogP contribution in [0.15, 0.2) is 57.9 Å². The van der Waals surface area contributed by atoms with Crippen molar-refractivity contribution >= 4 is 43.6 Å². The lowest BCUT2D eigenvalue weighted by Crippen LogP contribution is -2.35. The molecule has 0 bridgehead atoms. The highest BCUT2D eigenvalue weighted by Crippen LogP contribution is 2.25. The number of aromatic carboxylic acids is 1. The zero-order chi connectivity index (χ0) is 17.9. The number of rotatable bonds is 6. The number of benzene rings is 2. The average Bonchev–Trinajstić information content (AvgIpc) is 2.53. The SMILES string of the molecule is O=C(O)CN(c1ccc(C(=O)O)cc1)S(=O)(=O)c1ccc(Br)cc1. The number of nitrogens with zero attached hydrogens (tertiary/aromatic N) is 1. The first-order valence-electron chi connectivity index (χ1n) is 6.55. The van der Waals surface area contributed by atoms with Gasteiger partial charge in [0.15, 0.2) is 0 Å². The van der Waals surface area contributed by atoms with E-state index < -0.39 is 28.5 Å². The fraction of sp³-hybridized carbons (Fsp3) is 0.0667. The van der Waals surface area contributed by atoms with E-state index in [0.29, 0.717) is 8.78 Å². The highest BCUT2D eigenvalue weighted by molar-refractivity contribution is 9.10. The van der Waals surface area contributed by atoms with Gasteiger partial charge in [0.05, 0.1) is 16.1 Å². The standard InChI is InChI=1S/C15H12BrNO6S/c16-11-3-7-13(8-4-11)24(22,23)17(9-14(18)19)12-5-1-10(2-6-12)15(20)21/h1-8H,9H2,(H,18,19)(H,20,21). The molecule has 2 N–H and O–H groups in total. The fourth-order valence-corrected chi connectivity index (χ4v) is 3.62. The van der Waals surface area contributed by atoms with Crippen LogP contribution in [0, 0.1) is 0 Å². The van der Waals surface area contributed by atoms with Gasteiger partial charge in [-0.05, 0) is 48.5 Å². The van der Waals surface area contributed by atoms with E-state index in [4.69, 9.17) is 10.2 Å². The Bertz CT molecular complexity index is 862. The molecule has 0 amide bonds. The number of carboxylic acids is 2. The number of hydrogen-bond donors (Lipinski definition) is 2. The van der Waals surface area contributed by atoms with Gasteiger partial charge in [-0.1, -0.05) is 15.9 Å². The summed E-state index contributed by atoms with van der Waals surface area (Å²) in [5.41, 5.74) is 0.0281. The second-order valence-corrected chi connectivity index (χ2v) is 7.49. The maximum Gasteiger partial charge on any atom is 0.335 e. The van der Waals surface area contributed by atoms with E-state index in [-0.39, 0.29) is 16.1 Å². The maximum absolute atomic E-state index is 12.7. The van der Waals surface area contributed by atoms with Crippen molar-refractivity contribution in [1.82, 2.24) is 0 Å². The third-order valence-corrected chi connectivity index (χ3v) is 5.40. The van der Waals surface area contributed by atoms with Crippen molar-refractivity contribution in [1.29, 1.82) is 0 Å². The van der Waals surface area contributed by atoms with Gasteiger partial charge in [-0.25, -0.2) is 13.2 Å². The molecular formula is C15H12BrNO6S. The minimum atomic E-state index is -4.11. The molecule has 0 saturated heterocycles. The summed E-state index contributed by atoms with van der Waals surface area (Å²) in [6.07, 6.45) is 0. The maximum atomic E-state index is 12.7. The molecule has 0 aromatic heterocycles. The normalized spacial score (nSPS) is 11.0. The first kappa shape index (κ1) is 18.0. The van der Waals surface area contributed by atoms with E-state index in [0.717, 1.165) is 0 Å². The minimum Gasteiger partial charge on any atom is -0.480 e. The van der Waals surface area contributed by atoms with Gasteiger partial charge in [0.25, 0.3) is 10.0 Å². The van der Waals surface area contributed by atoms with E-state index in [1.54, 1.807) is 0 Å².